The number of nitrogens with one attached hydrogen (secondary N) is 1. The maximum absolute atomic E-state index is 11.8. The Labute approximate surface area is 126 Å². The number of nitrogens with two attached hydrogens (primary N) is 1. The fraction of sp³-hybridized carbons (Fsp3) is 0.357. The van der Waals surface area contributed by atoms with E-state index in [4.69, 9.17) is 5.73 Å². The first-order valence-electron chi connectivity index (χ1n) is 6.61. The van der Waals surface area contributed by atoms with Gasteiger partial charge in [0.25, 0.3) is 0 Å². The molecule has 21 heavy (non-hydrogen) atoms. The molecule has 0 aliphatic carbocycles. The number of unbranched alkanes of at least 4 members (excludes halogenated alkanes) is 1. The third kappa shape index (κ3) is 4.42. The summed E-state index contributed by atoms with van der Waals surface area (Å²) in [4.78, 5) is 26.9. The zero-order valence-corrected chi connectivity index (χ0v) is 12.5. The average Bonchev–Trinajstić information content (AvgIpc) is 2.82. The topological polar surface area (TPSA) is 94.3 Å². The van der Waals surface area contributed by atoms with Crippen LogP contribution >= 0.6 is 11.3 Å². The summed E-state index contributed by atoms with van der Waals surface area (Å²) in [6, 6.07) is 5.48. The maximum atomic E-state index is 11.8. The van der Waals surface area contributed by atoms with Crippen molar-refractivity contribution < 1.29 is 14.3 Å². The third-order valence-electron chi connectivity index (χ3n) is 2.95. The Morgan fingerprint density at radius 1 is 1.33 bits per heavy atom. The Kier molecular flexibility index (Phi) is 5.10. The van der Waals surface area contributed by atoms with E-state index >= 15 is 0 Å². The highest BCUT2D eigenvalue weighted by atomic mass is 32.1. The number of fused-ring (bicyclic) bond motifs is 1. The highest BCUT2D eigenvalue weighted by Gasteiger charge is 2.06. The normalized spacial score (nSPS) is 10.5. The molecule has 1 amide bonds. The van der Waals surface area contributed by atoms with Crippen LogP contribution in [0.25, 0.3) is 10.2 Å². The van der Waals surface area contributed by atoms with Gasteiger partial charge in [0, 0.05) is 18.5 Å². The molecule has 0 saturated carbocycles. The van der Waals surface area contributed by atoms with Gasteiger partial charge in [-0.05, 0) is 31.0 Å². The number of nitrogens with zero attached hydrogens (tertiary/aromatic N) is 1. The van der Waals surface area contributed by atoms with Crippen LogP contribution < -0.4 is 11.1 Å². The molecule has 7 heteroatoms. The van der Waals surface area contributed by atoms with Crippen molar-refractivity contribution in [1.82, 2.24) is 4.98 Å². The summed E-state index contributed by atoms with van der Waals surface area (Å²) < 4.78 is 5.48. The van der Waals surface area contributed by atoms with Crippen molar-refractivity contribution in [3.63, 3.8) is 0 Å². The standard InChI is InChI=1S/C14H17N3O3S/c1-20-13(19)5-3-2-4-12(18)16-9-6-7-10-11(8-9)21-14(15)17-10/h6-8H,2-5H2,1H3,(H2,15,17)(H,16,18). The maximum Gasteiger partial charge on any atom is 0.305 e. The molecule has 0 atom stereocenters. The number of nitrogen functional groups attached to an aromatic ring is 1. The third-order valence-corrected chi connectivity index (χ3v) is 3.80. The second-order valence-corrected chi connectivity index (χ2v) is 5.63. The van der Waals surface area contributed by atoms with Crippen molar-refractivity contribution in [2.45, 2.75) is 25.7 Å². The van der Waals surface area contributed by atoms with Gasteiger partial charge in [-0.15, -0.1) is 0 Å². The first kappa shape index (κ1) is 15.2. The summed E-state index contributed by atoms with van der Waals surface area (Å²) in [6.45, 7) is 0. The molecule has 1 heterocycles. The van der Waals surface area contributed by atoms with Gasteiger partial charge in [0.1, 0.15) is 0 Å². The molecule has 0 spiro atoms. The quantitative estimate of drug-likeness (QED) is 0.632. The number of methoxy groups -OCH3 is 1. The molecule has 0 radical (unpaired) electrons. The number of hydrogen-bond acceptors (Lipinski definition) is 6. The fourth-order valence-corrected chi connectivity index (χ4v) is 2.67. The van der Waals surface area contributed by atoms with E-state index in [0.717, 1.165) is 15.9 Å². The van der Waals surface area contributed by atoms with Crippen LogP contribution in [0, 0.1) is 0 Å². The van der Waals surface area contributed by atoms with E-state index in [1.807, 2.05) is 12.1 Å². The van der Waals surface area contributed by atoms with E-state index in [0.29, 0.717) is 30.8 Å². The number of ether oxygens (including phenoxy) is 1. The van der Waals surface area contributed by atoms with Gasteiger partial charge in [0.2, 0.25) is 5.91 Å². The molecule has 112 valence electrons. The minimum Gasteiger partial charge on any atom is -0.469 e. The van der Waals surface area contributed by atoms with Crippen LogP contribution in [0.3, 0.4) is 0 Å². The van der Waals surface area contributed by atoms with Crippen LogP contribution in [0.2, 0.25) is 0 Å². The number of thiazole rings is 1. The van der Waals surface area contributed by atoms with E-state index in [2.05, 4.69) is 15.0 Å². The van der Waals surface area contributed by atoms with Gasteiger partial charge < -0.3 is 15.8 Å². The largest absolute Gasteiger partial charge is 0.469 e. The highest BCUT2D eigenvalue weighted by molar-refractivity contribution is 7.22. The molecule has 1 aromatic carbocycles. The smallest absolute Gasteiger partial charge is 0.305 e. The first-order valence-corrected chi connectivity index (χ1v) is 7.43. The monoisotopic (exact) mass is 307 g/mol. The lowest BCUT2D eigenvalue weighted by atomic mass is 10.2. The van der Waals surface area contributed by atoms with Gasteiger partial charge in [-0.1, -0.05) is 11.3 Å². The first-order chi connectivity index (χ1) is 10.1. The number of hydrogen-bond donors (Lipinski definition) is 2. The number of rotatable bonds is 6. The summed E-state index contributed by atoms with van der Waals surface area (Å²) in [7, 11) is 1.36. The minimum atomic E-state index is -0.247. The SMILES string of the molecule is COC(=O)CCCCC(=O)Nc1ccc2nc(N)sc2c1. The number of anilines is 2. The summed E-state index contributed by atoms with van der Waals surface area (Å²) in [5.41, 5.74) is 7.19. The van der Waals surface area contributed by atoms with Gasteiger partial charge in [-0.25, -0.2) is 4.98 Å². The van der Waals surface area contributed by atoms with Crippen molar-refractivity contribution in [3.05, 3.63) is 18.2 Å². The average molecular weight is 307 g/mol. The summed E-state index contributed by atoms with van der Waals surface area (Å²) in [5.74, 6) is -0.319. The van der Waals surface area contributed by atoms with E-state index in [9.17, 15) is 9.59 Å². The van der Waals surface area contributed by atoms with Gasteiger partial charge in [0.05, 0.1) is 17.3 Å². The lowest BCUT2D eigenvalue weighted by Gasteiger charge is -2.05. The molecule has 0 aliphatic rings. The molecule has 0 saturated heterocycles. The van der Waals surface area contributed by atoms with Gasteiger partial charge in [-0.3, -0.25) is 9.59 Å². The van der Waals surface area contributed by atoms with E-state index in [1.54, 1.807) is 6.07 Å². The molecular weight excluding hydrogens is 290 g/mol. The van der Waals surface area contributed by atoms with E-state index in [1.165, 1.54) is 18.4 Å². The van der Waals surface area contributed by atoms with Crippen LogP contribution in [0.4, 0.5) is 10.8 Å². The zero-order chi connectivity index (χ0) is 15.2. The lowest BCUT2D eigenvalue weighted by Crippen LogP contribution is -2.11. The van der Waals surface area contributed by atoms with Gasteiger partial charge in [-0.2, -0.15) is 0 Å². The summed E-state index contributed by atoms with van der Waals surface area (Å²) >= 11 is 1.38. The second-order valence-electron chi connectivity index (χ2n) is 4.57. The Balaban J connectivity index is 1.82. The predicted octanol–water partition coefficient (Wildman–Crippen LogP) is 2.55. The molecular formula is C14H17N3O3S. The fourth-order valence-electron chi connectivity index (χ4n) is 1.90. The van der Waals surface area contributed by atoms with Crippen molar-refractivity contribution in [3.8, 4) is 0 Å². The van der Waals surface area contributed by atoms with Crippen LogP contribution in [-0.2, 0) is 14.3 Å². The van der Waals surface area contributed by atoms with Crippen molar-refractivity contribution in [1.29, 1.82) is 0 Å². The molecule has 0 aliphatic heterocycles. The van der Waals surface area contributed by atoms with Crippen molar-refractivity contribution in [2.24, 2.45) is 0 Å². The van der Waals surface area contributed by atoms with Crippen LogP contribution in [0.5, 0.6) is 0 Å². The molecule has 1 aromatic heterocycles. The molecule has 0 unspecified atom stereocenters. The van der Waals surface area contributed by atoms with Crippen LogP contribution in [0.1, 0.15) is 25.7 Å². The van der Waals surface area contributed by atoms with Crippen molar-refractivity contribution in [2.75, 3.05) is 18.2 Å². The Bertz CT molecular complexity index is 654. The molecule has 6 nitrogen and oxygen atoms in total. The van der Waals surface area contributed by atoms with E-state index < -0.39 is 0 Å². The Morgan fingerprint density at radius 3 is 2.86 bits per heavy atom. The number of benzene rings is 1. The highest BCUT2D eigenvalue weighted by Crippen LogP contribution is 2.26. The molecule has 0 fully saturated rings. The lowest BCUT2D eigenvalue weighted by molar-refractivity contribution is -0.140. The molecule has 3 N–H and O–H groups in total. The molecule has 2 rings (SSSR count). The van der Waals surface area contributed by atoms with Crippen LogP contribution in [-0.4, -0.2) is 24.0 Å². The Hall–Kier alpha value is -2.15. The predicted molar refractivity (Wildman–Crippen MR) is 83.1 cm³/mol. The Morgan fingerprint density at radius 2 is 2.10 bits per heavy atom. The number of carbonyl (C=O) groups excluding carboxylic acids is 2. The second kappa shape index (κ2) is 7.03. The van der Waals surface area contributed by atoms with Crippen molar-refractivity contribution >= 4 is 44.2 Å². The zero-order valence-electron chi connectivity index (χ0n) is 11.7. The summed E-state index contributed by atoms with van der Waals surface area (Å²) in [6.07, 6.45) is 2.01. The minimum absolute atomic E-state index is 0.0725. The number of carbonyl (C=O) groups is 2. The molecule has 0 bridgehead atoms. The van der Waals surface area contributed by atoms with Gasteiger partial charge >= 0.3 is 5.97 Å². The number of aromatic nitrogens is 1. The molecule has 2 aromatic rings. The van der Waals surface area contributed by atoms with E-state index in [-0.39, 0.29) is 11.9 Å². The van der Waals surface area contributed by atoms with Crippen LogP contribution in [0.15, 0.2) is 18.2 Å². The summed E-state index contributed by atoms with van der Waals surface area (Å²) in [5, 5.41) is 3.34. The number of esters is 1. The number of amides is 1. The van der Waals surface area contributed by atoms with Gasteiger partial charge in [0.15, 0.2) is 5.13 Å².